The molecule has 0 saturated carbocycles. The molecule has 0 bridgehead atoms. The van der Waals surface area contributed by atoms with Gasteiger partial charge in [-0.1, -0.05) is 36.4 Å². The van der Waals surface area contributed by atoms with E-state index in [-0.39, 0.29) is 0 Å². The van der Waals surface area contributed by atoms with Gasteiger partial charge in [0, 0.05) is 6.20 Å². The zero-order chi connectivity index (χ0) is 11.4. The van der Waals surface area contributed by atoms with Crippen molar-refractivity contribution in [2.75, 3.05) is 0 Å². The molecule has 0 aliphatic carbocycles. The maximum atomic E-state index is 4.37. The summed E-state index contributed by atoms with van der Waals surface area (Å²) in [7, 11) is 0. The van der Waals surface area contributed by atoms with Crippen LogP contribution in [0.15, 0.2) is 54.7 Å². The van der Waals surface area contributed by atoms with Crippen LogP contribution in [0, 0.1) is 0 Å². The molecule has 1 heteroatoms. The molecule has 2 rings (SSSR count). The van der Waals surface area contributed by atoms with Crippen molar-refractivity contribution >= 4 is 11.1 Å². The lowest BCUT2D eigenvalue weighted by Crippen LogP contribution is -1.88. The standard InChI is InChI=1S/C15H15N/c1-12(14-8-4-3-5-9-14)13(2)15-10-6-7-11-16-15/h3-11H,1-2H3/b13-12-. The Morgan fingerprint density at radius 2 is 1.50 bits per heavy atom. The van der Waals surface area contributed by atoms with Crippen molar-refractivity contribution in [3.8, 4) is 0 Å². The van der Waals surface area contributed by atoms with E-state index in [1.165, 1.54) is 16.7 Å². The molecule has 16 heavy (non-hydrogen) atoms. The van der Waals surface area contributed by atoms with E-state index in [9.17, 15) is 0 Å². The van der Waals surface area contributed by atoms with Crippen molar-refractivity contribution in [3.63, 3.8) is 0 Å². The van der Waals surface area contributed by atoms with E-state index in [4.69, 9.17) is 0 Å². The smallest absolute Gasteiger partial charge is 0.0661 e. The van der Waals surface area contributed by atoms with Gasteiger partial charge in [0.05, 0.1) is 5.69 Å². The Morgan fingerprint density at radius 3 is 2.12 bits per heavy atom. The first kappa shape index (κ1) is 10.6. The van der Waals surface area contributed by atoms with Gasteiger partial charge in [-0.2, -0.15) is 0 Å². The molecular weight excluding hydrogens is 194 g/mol. The number of rotatable bonds is 2. The quantitative estimate of drug-likeness (QED) is 0.727. The molecule has 1 aromatic heterocycles. The third-order valence-electron chi connectivity index (χ3n) is 2.82. The Bertz CT molecular complexity index is 436. The Morgan fingerprint density at radius 1 is 0.812 bits per heavy atom. The van der Waals surface area contributed by atoms with Crippen molar-refractivity contribution in [2.45, 2.75) is 13.8 Å². The molecule has 0 N–H and O–H groups in total. The zero-order valence-electron chi connectivity index (χ0n) is 9.64. The summed E-state index contributed by atoms with van der Waals surface area (Å²) < 4.78 is 0. The zero-order valence-corrected chi connectivity index (χ0v) is 9.64. The second kappa shape index (κ2) is 4.75. The maximum Gasteiger partial charge on any atom is 0.0661 e. The minimum absolute atomic E-state index is 1.05. The molecule has 0 spiro atoms. The van der Waals surface area contributed by atoms with Gasteiger partial charge in [0.25, 0.3) is 0 Å². The van der Waals surface area contributed by atoms with Crippen molar-refractivity contribution < 1.29 is 0 Å². The number of hydrogen-bond donors (Lipinski definition) is 0. The van der Waals surface area contributed by atoms with E-state index in [1.807, 2.05) is 30.5 Å². The van der Waals surface area contributed by atoms with Crippen LogP contribution in [0.3, 0.4) is 0 Å². The monoisotopic (exact) mass is 209 g/mol. The van der Waals surface area contributed by atoms with Crippen LogP contribution in [0.1, 0.15) is 25.1 Å². The predicted octanol–water partition coefficient (Wildman–Crippen LogP) is 4.03. The summed E-state index contributed by atoms with van der Waals surface area (Å²) in [6.07, 6.45) is 1.83. The lowest BCUT2D eigenvalue weighted by Gasteiger charge is -2.07. The highest BCUT2D eigenvalue weighted by atomic mass is 14.7. The molecule has 0 aliphatic heterocycles. The van der Waals surface area contributed by atoms with E-state index in [0.29, 0.717) is 0 Å². The van der Waals surface area contributed by atoms with Gasteiger partial charge in [-0.25, -0.2) is 0 Å². The van der Waals surface area contributed by atoms with Crippen molar-refractivity contribution in [3.05, 3.63) is 66.0 Å². The Balaban J connectivity index is 2.43. The molecule has 1 heterocycles. The molecule has 0 fully saturated rings. The van der Waals surface area contributed by atoms with Crippen LogP contribution >= 0.6 is 0 Å². The Kier molecular flexibility index (Phi) is 3.16. The van der Waals surface area contributed by atoms with Gasteiger partial charge < -0.3 is 0 Å². The van der Waals surface area contributed by atoms with Gasteiger partial charge in [-0.3, -0.25) is 4.98 Å². The lowest BCUT2D eigenvalue weighted by atomic mass is 10.0. The summed E-state index contributed by atoms with van der Waals surface area (Å²) >= 11 is 0. The van der Waals surface area contributed by atoms with E-state index in [0.717, 1.165) is 5.69 Å². The highest BCUT2D eigenvalue weighted by Gasteiger charge is 2.02. The number of allylic oxidation sites excluding steroid dienone is 2. The molecule has 80 valence electrons. The summed E-state index contributed by atoms with van der Waals surface area (Å²) in [5.74, 6) is 0. The first-order valence-corrected chi connectivity index (χ1v) is 5.43. The van der Waals surface area contributed by atoms with E-state index < -0.39 is 0 Å². The summed E-state index contributed by atoms with van der Waals surface area (Å²) in [6.45, 7) is 4.25. The Hall–Kier alpha value is -1.89. The average molecular weight is 209 g/mol. The minimum atomic E-state index is 1.05. The third kappa shape index (κ3) is 2.19. The fraction of sp³-hybridized carbons (Fsp3) is 0.133. The van der Waals surface area contributed by atoms with E-state index in [1.54, 1.807) is 0 Å². The summed E-state index contributed by atoms with van der Waals surface area (Å²) in [5.41, 5.74) is 4.81. The molecular formula is C15H15N. The van der Waals surface area contributed by atoms with Crippen LogP contribution in [0.4, 0.5) is 0 Å². The summed E-state index contributed by atoms with van der Waals surface area (Å²) in [4.78, 5) is 4.37. The highest BCUT2D eigenvalue weighted by Crippen LogP contribution is 2.23. The fourth-order valence-electron chi connectivity index (χ4n) is 1.68. The molecule has 0 aliphatic rings. The van der Waals surface area contributed by atoms with Crippen LogP contribution in [-0.2, 0) is 0 Å². The normalized spacial score (nSPS) is 12.1. The lowest BCUT2D eigenvalue weighted by molar-refractivity contribution is 1.26. The van der Waals surface area contributed by atoms with Crippen LogP contribution < -0.4 is 0 Å². The largest absolute Gasteiger partial charge is 0.257 e. The van der Waals surface area contributed by atoms with Gasteiger partial charge in [-0.05, 0) is 42.7 Å². The third-order valence-corrected chi connectivity index (χ3v) is 2.82. The SMILES string of the molecule is C/C(=C(\C)c1ccccn1)c1ccccc1. The topological polar surface area (TPSA) is 12.9 Å². The molecule has 0 atom stereocenters. The highest BCUT2D eigenvalue weighted by molar-refractivity contribution is 5.87. The second-order valence-corrected chi connectivity index (χ2v) is 3.83. The van der Waals surface area contributed by atoms with Crippen molar-refractivity contribution in [1.82, 2.24) is 4.98 Å². The fourth-order valence-corrected chi connectivity index (χ4v) is 1.68. The summed E-state index contributed by atoms with van der Waals surface area (Å²) in [5, 5.41) is 0. The van der Waals surface area contributed by atoms with E-state index in [2.05, 4.69) is 43.1 Å². The molecule has 1 nitrogen and oxygen atoms in total. The van der Waals surface area contributed by atoms with Crippen molar-refractivity contribution in [1.29, 1.82) is 0 Å². The van der Waals surface area contributed by atoms with Gasteiger partial charge >= 0.3 is 0 Å². The number of nitrogens with zero attached hydrogens (tertiary/aromatic N) is 1. The van der Waals surface area contributed by atoms with Gasteiger partial charge in [0.1, 0.15) is 0 Å². The van der Waals surface area contributed by atoms with E-state index >= 15 is 0 Å². The van der Waals surface area contributed by atoms with Crippen LogP contribution in [0.2, 0.25) is 0 Å². The average Bonchev–Trinajstić information content (AvgIpc) is 2.39. The first-order chi connectivity index (χ1) is 7.79. The molecule has 0 unspecified atom stereocenters. The number of aromatic nitrogens is 1. The first-order valence-electron chi connectivity index (χ1n) is 5.43. The predicted molar refractivity (Wildman–Crippen MR) is 68.8 cm³/mol. The van der Waals surface area contributed by atoms with Crippen molar-refractivity contribution in [2.24, 2.45) is 0 Å². The number of benzene rings is 1. The number of hydrogen-bond acceptors (Lipinski definition) is 1. The van der Waals surface area contributed by atoms with Gasteiger partial charge in [0.15, 0.2) is 0 Å². The maximum absolute atomic E-state index is 4.37. The second-order valence-electron chi connectivity index (χ2n) is 3.83. The van der Waals surface area contributed by atoms with Crippen LogP contribution in [0.25, 0.3) is 11.1 Å². The van der Waals surface area contributed by atoms with Crippen LogP contribution in [-0.4, -0.2) is 4.98 Å². The van der Waals surface area contributed by atoms with Gasteiger partial charge in [-0.15, -0.1) is 0 Å². The Labute approximate surface area is 96.5 Å². The molecule has 0 amide bonds. The number of pyridine rings is 1. The van der Waals surface area contributed by atoms with Crippen LogP contribution in [0.5, 0.6) is 0 Å². The molecule has 0 radical (unpaired) electrons. The van der Waals surface area contributed by atoms with Gasteiger partial charge in [0.2, 0.25) is 0 Å². The molecule has 0 saturated heterocycles. The molecule has 2 aromatic rings. The summed E-state index contributed by atoms with van der Waals surface area (Å²) in [6, 6.07) is 16.4. The molecule has 1 aromatic carbocycles. The minimum Gasteiger partial charge on any atom is -0.257 e.